The molecule has 4 nitrogen and oxygen atoms in total. The van der Waals surface area contributed by atoms with Crippen molar-refractivity contribution in [3.8, 4) is 0 Å². The molecule has 0 aliphatic rings. The van der Waals surface area contributed by atoms with Gasteiger partial charge in [0.05, 0.1) is 5.75 Å². The molecular weight excluding hydrogens is 224 g/mol. The van der Waals surface area contributed by atoms with Crippen LogP contribution in [0.1, 0.15) is 47.5 Å². The first kappa shape index (κ1) is 15.9. The zero-order chi connectivity index (χ0) is 13.0. The fourth-order valence-electron chi connectivity index (χ4n) is 1.37. The largest absolute Gasteiger partial charge is 0.324 e. The lowest BCUT2D eigenvalue weighted by atomic mass is 9.95. The van der Waals surface area contributed by atoms with Gasteiger partial charge < -0.3 is 5.73 Å². The molecule has 0 heterocycles. The molecule has 0 bridgehead atoms. The highest BCUT2D eigenvalue weighted by molar-refractivity contribution is 7.89. The van der Waals surface area contributed by atoms with Crippen LogP contribution in [0.5, 0.6) is 0 Å². The first-order chi connectivity index (χ1) is 7.04. The molecule has 0 aromatic rings. The van der Waals surface area contributed by atoms with Crippen molar-refractivity contribution in [2.24, 2.45) is 11.1 Å². The molecule has 3 N–H and O–H groups in total. The average molecular weight is 250 g/mol. The summed E-state index contributed by atoms with van der Waals surface area (Å²) >= 11 is 0. The van der Waals surface area contributed by atoms with Crippen molar-refractivity contribution in [3.05, 3.63) is 0 Å². The SMILES string of the molecule is CCC(N)(CC)CNS(=O)(=O)CC(C)(C)C. The fraction of sp³-hybridized carbons (Fsp3) is 1.00. The van der Waals surface area contributed by atoms with Gasteiger partial charge in [0, 0.05) is 12.1 Å². The van der Waals surface area contributed by atoms with E-state index in [9.17, 15) is 8.42 Å². The molecule has 0 unspecified atom stereocenters. The molecule has 0 saturated carbocycles. The quantitative estimate of drug-likeness (QED) is 0.750. The van der Waals surface area contributed by atoms with Gasteiger partial charge in [-0.1, -0.05) is 34.6 Å². The molecule has 0 amide bonds. The Morgan fingerprint density at radius 2 is 1.56 bits per heavy atom. The maximum atomic E-state index is 11.8. The Balaban J connectivity index is 4.41. The summed E-state index contributed by atoms with van der Waals surface area (Å²) in [5.74, 6) is 0.128. The third-order valence-corrected chi connectivity index (χ3v) is 4.51. The van der Waals surface area contributed by atoms with Crippen LogP contribution in [0.15, 0.2) is 0 Å². The standard InChI is InChI=1S/C11H26N2O2S/c1-6-11(12,7-2)8-13-16(14,15)9-10(3,4)5/h13H,6-9,12H2,1-5H3. The summed E-state index contributed by atoms with van der Waals surface area (Å²) in [7, 11) is -3.22. The normalized spacial score (nSPS) is 14.1. The first-order valence-corrected chi connectivity index (χ1v) is 7.45. The number of rotatable bonds is 6. The molecule has 0 aliphatic heterocycles. The highest BCUT2D eigenvalue weighted by Crippen LogP contribution is 2.16. The number of sulfonamides is 1. The summed E-state index contributed by atoms with van der Waals surface area (Å²) in [5, 5.41) is 0. The Morgan fingerprint density at radius 3 is 1.88 bits per heavy atom. The van der Waals surface area contributed by atoms with Crippen LogP contribution in [-0.4, -0.2) is 26.3 Å². The van der Waals surface area contributed by atoms with Gasteiger partial charge in [-0.3, -0.25) is 0 Å². The second kappa shape index (κ2) is 5.47. The van der Waals surface area contributed by atoms with Crippen LogP contribution in [0.3, 0.4) is 0 Å². The van der Waals surface area contributed by atoms with Crippen LogP contribution in [0.2, 0.25) is 0 Å². The Labute approximate surface area is 100 Å². The van der Waals surface area contributed by atoms with E-state index in [0.717, 1.165) is 12.8 Å². The lowest BCUT2D eigenvalue weighted by Gasteiger charge is -2.27. The Morgan fingerprint density at radius 1 is 1.12 bits per heavy atom. The van der Waals surface area contributed by atoms with Crippen LogP contribution in [0.25, 0.3) is 0 Å². The van der Waals surface area contributed by atoms with Crippen molar-refractivity contribution >= 4 is 10.0 Å². The number of nitrogens with one attached hydrogen (secondary N) is 1. The second-order valence-electron chi connectivity index (χ2n) is 5.71. The zero-order valence-electron chi connectivity index (χ0n) is 11.1. The van der Waals surface area contributed by atoms with Crippen LogP contribution in [-0.2, 0) is 10.0 Å². The van der Waals surface area contributed by atoms with Crippen LogP contribution >= 0.6 is 0 Å². The summed E-state index contributed by atoms with van der Waals surface area (Å²) < 4.78 is 26.1. The average Bonchev–Trinajstić information content (AvgIpc) is 2.11. The van der Waals surface area contributed by atoms with E-state index in [0.29, 0.717) is 6.54 Å². The van der Waals surface area contributed by atoms with E-state index in [-0.39, 0.29) is 11.2 Å². The van der Waals surface area contributed by atoms with Gasteiger partial charge in [-0.25, -0.2) is 13.1 Å². The Hall–Kier alpha value is -0.130. The summed E-state index contributed by atoms with van der Waals surface area (Å²) in [6.45, 7) is 9.98. The molecule has 0 spiro atoms. The van der Waals surface area contributed by atoms with E-state index >= 15 is 0 Å². The zero-order valence-corrected chi connectivity index (χ0v) is 11.9. The highest BCUT2D eigenvalue weighted by Gasteiger charge is 2.26. The molecule has 0 aromatic heterocycles. The van der Waals surface area contributed by atoms with Crippen LogP contribution < -0.4 is 10.5 Å². The molecule has 0 rings (SSSR count). The predicted octanol–water partition coefficient (Wildman–Crippen LogP) is 1.47. The van der Waals surface area contributed by atoms with Gasteiger partial charge in [0.2, 0.25) is 10.0 Å². The summed E-state index contributed by atoms with van der Waals surface area (Å²) in [6, 6.07) is 0. The first-order valence-electron chi connectivity index (χ1n) is 5.80. The van der Waals surface area contributed by atoms with Gasteiger partial charge in [0.1, 0.15) is 0 Å². The van der Waals surface area contributed by atoms with E-state index in [1.165, 1.54) is 0 Å². The molecule has 0 atom stereocenters. The lowest BCUT2D eigenvalue weighted by Crippen LogP contribution is -2.50. The minimum absolute atomic E-state index is 0.128. The van der Waals surface area contributed by atoms with Crippen molar-refractivity contribution in [1.82, 2.24) is 4.72 Å². The summed E-state index contributed by atoms with van der Waals surface area (Å²) in [5.41, 5.74) is 5.38. The molecular formula is C11H26N2O2S. The Bertz CT molecular complexity index is 300. The van der Waals surface area contributed by atoms with Gasteiger partial charge >= 0.3 is 0 Å². The molecule has 0 saturated heterocycles. The molecule has 5 heteroatoms. The van der Waals surface area contributed by atoms with Gasteiger partial charge in [0.25, 0.3) is 0 Å². The topological polar surface area (TPSA) is 72.2 Å². The molecule has 0 fully saturated rings. The van der Waals surface area contributed by atoms with Crippen LogP contribution in [0.4, 0.5) is 0 Å². The maximum Gasteiger partial charge on any atom is 0.212 e. The van der Waals surface area contributed by atoms with E-state index in [1.54, 1.807) is 0 Å². The van der Waals surface area contributed by atoms with E-state index in [1.807, 2.05) is 34.6 Å². The van der Waals surface area contributed by atoms with Crippen molar-refractivity contribution in [2.75, 3.05) is 12.3 Å². The molecule has 0 radical (unpaired) electrons. The highest BCUT2D eigenvalue weighted by atomic mass is 32.2. The summed E-state index contributed by atoms with van der Waals surface area (Å²) in [4.78, 5) is 0. The molecule has 16 heavy (non-hydrogen) atoms. The predicted molar refractivity (Wildman–Crippen MR) is 68.7 cm³/mol. The van der Waals surface area contributed by atoms with E-state index < -0.39 is 15.6 Å². The second-order valence-corrected chi connectivity index (χ2v) is 7.52. The minimum atomic E-state index is -3.22. The number of nitrogens with two attached hydrogens (primary N) is 1. The Kier molecular flexibility index (Phi) is 5.42. The van der Waals surface area contributed by atoms with Gasteiger partial charge in [-0.2, -0.15) is 0 Å². The number of hydrogen-bond donors (Lipinski definition) is 2. The van der Waals surface area contributed by atoms with Crippen molar-refractivity contribution in [1.29, 1.82) is 0 Å². The number of hydrogen-bond acceptors (Lipinski definition) is 3. The van der Waals surface area contributed by atoms with E-state index in [2.05, 4.69) is 4.72 Å². The van der Waals surface area contributed by atoms with Gasteiger partial charge in [0.15, 0.2) is 0 Å². The maximum absolute atomic E-state index is 11.8. The third-order valence-electron chi connectivity index (χ3n) is 2.68. The fourth-order valence-corrected chi connectivity index (χ4v) is 3.12. The minimum Gasteiger partial charge on any atom is -0.324 e. The van der Waals surface area contributed by atoms with E-state index in [4.69, 9.17) is 5.73 Å². The third kappa shape index (κ3) is 6.45. The molecule has 0 aliphatic carbocycles. The van der Waals surface area contributed by atoms with Crippen LogP contribution in [0, 0.1) is 5.41 Å². The van der Waals surface area contributed by atoms with Gasteiger partial charge in [-0.15, -0.1) is 0 Å². The van der Waals surface area contributed by atoms with Gasteiger partial charge in [-0.05, 0) is 18.3 Å². The smallest absolute Gasteiger partial charge is 0.212 e. The monoisotopic (exact) mass is 250 g/mol. The summed E-state index contributed by atoms with van der Waals surface area (Å²) in [6.07, 6.45) is 1.53. The molecule has 98 valence electrons. The van der Waals surface area contributed by atoms with Crippen molar-refractivity contribution in [3.63, 3.8) is 0 Å². The lowest BCUT2D eigenvalue weighted by molar-refractivity contribution is 0.388. The van der Waals surface area contributed by atoms with Crippen molar-refractivity contribution in [2.45, 2.75) is 53.0 Å². The molecule has 0 aromatic carbocycles. The van der Waals surface area contributed by atoms with Crippen molar-refractivity contribution < 1.29 is 8.42 Å².